The summed E-state index contributed by atoms with van der Waals surface area (Å²) in [4.78, 5) is 54.1. The fraction of sp³-hybridized carbons (Fsp3) is 0.0732. The first-order valence-corrected chi connectivity index (χ1v) is 15.8. The molecule has 2 aromatic heterocycles. The molecule has 0 amide bonds. The van der Waals surface area contributed by atoms with Gasteiger partial charge in [-0.1, -0.05) is 59.7 Å². The molecule has 252 valence electrons. The first-order chi connectivity index (χ1) is 24.6. The lowest BCUT2D eigenvalue weighted by Gasteiger charge is -2.21. The van der Waals surface area contributed by atoms with Gasteiger partial charge in [-0.25, -0.2) is 19.2 Å². The van der Waals surface area contributed by atoms with E-state index in [2.05, 4.69) is 0 Å². The topological polar surface area (TPSA) is 153 Å². The van der Waals surface area contributed by atoms with Crippen LogP contribution in [0.1, 0.15) is 54.5 Å². The molecule has 0 radical (unpaired) electrons. The van der Waals surface area contributed by atoms with Gasteiger partial charge in [0.15, 0.2) is 0 Å². The molecule has 2 N–H and O–H groups in total. The maximum Gasteiger partial charge on any atom is 0.344 e. The molecule has 5 aromatic carbocycles. The number of carbonyl (C=O) groups is 2. The Morgan fingerprint density at radius 2 is 0.961 bits per heavy atom. The number of fused-ring (bicyclic) bond motifs is 2. The number of aromatic hydroxyl groups is 2. The lowest BCUT2D eigenvalue weighted by Crippen LogP contribution is -2.21. The van der Waals surface area contributed by atoms with Gasteiger partial charge in [0, 0.05) is 6.07 Å². The number of ether oxygens (including phenoxy) is 2. The molecule has 7 rings (SSSR count). The molecule has 10 heteroatoms. The minimum absolute atomic E-state index is 0.00618. The number of aryl methyl sites for hydroxylation is 2. The average molecular weight is 681 g/mol. The lowest BCUT2D eigenvalue weighted by molar-refractivity contribution is 0.0732. The van der Waals surface area contributed by atoms with Gasteiger partial charge in [0.05, 0.1) is 38.9 Å². The summed E-state index contributed by atoms with van der Waals surface area (Å²) in [7, 11) is 0. The zero-order chi connectivity index (χ0) is 35.8. The standard InChI is InChI=1S/C41H28O10/c1-22-11-15-24(16-12-22)38(44)48-27-19-26(20-28(21-27)49-39(45)25-17-13-23(2)14-18-25)33(34-36(42)29-7-3-5-9-31(29)50-40(34)46)35-37(43)30-8-4-6-10-32(30)51-41(35)47/h3-21,33,42-43H,1-2H3. The summed E-state index contributed by atoms with van der Waals surface area (Å²) in [5.74, 6) is -4.42. The smallest absolute Gasteiger partial charge is 0.344 e. The van der Waals surface area contributed by atoms with E-state index in [1.165, 1.54) is 42.5 Å². The highest BCUT2D eigenvalue weighted by Crippen LogP contribution is 2.43. The molecule has 0 aliphatic rings. The Kier molecular flexibility index (Phi) is 8.42. The van der Waals surface area contributed by atoms with Gasteiger partial charge < -0.3 is 28.5 Å². The number of rotatable bonds is 7. The van der Waals surface area contributed by atoms with E-state index in [0.717, 1.165) is 11.1 Å². The predicted molar refractivity (Wildman–Crippen MR) is 188 cm³/mol. The highest BCUT2D eigenvalue weighted by Gasteiger charge is 2.33. The van der Waals surface area contributed by atoms with Crippen LogP contribution in [0.5, 0.6) is 23.0 Å². The van der Waals surface area contributed by atoms with E-state index in [4.69, 9.17) is 18.3 Å². The van der Waals surface area contributed by atoms with Gasteiger partial charge in [-0.2, -0.15) is 0 Å². The van der Waals surface area contributed by atoms with E-state index in [-0.39, 0.29) is 50.1 Å². The Morgan fingerprint density at radius 3 is 1.37 bits per heavy atom. The van der Waals surface area contributed by atoms with Crippen molar-refractivity contribution in [3.8, 4) is 23.0 Å². The van der Waals surface area contributed by atoms with Crippen molar-refractivity contribution in [2.45, 2.75) is 19.8 Å². The second-order valence-electron chi connectivity index (χ2n) is 12.0. The number of para-hydroxylation sites is 2. The quantitative estimate of drug-likeness (QED) is 0.0980. The zero-order valence-corrected chi connectivity index (χ0v) is 27.2. The zero-order valence-electron chi connectivity index (χ0n) is 27.2. The van der Waals surface area contributed by atoms with Crippen molar-refractivity contribution in [3.05, 3.63) is 175 Å². The van der Waals surface area contributed by atoms with Gasteiger partial charge in [-0.05, 0) is 80.1 Å². The fourth-order valence-corrected chi connectivity index (χ4v) is 5.87. The number of hydrogen-bond donors (Lipinski definition) is 2. The van der Waals surface area contributed by atoms with Gasteiger partial charge in [-0.15, -0.1) is 0 Å². The SMILES string of the molecule is Cc1ccc(C(=O)Oc2cc(OC(=O)c3ccc(C)cc3)cc(C(c3c(O)c4ccccc4oc3=O)c3c(O)c4ccccc4oc3=O)c2)cc1. The monoisotopic (exact) mass is 680 g/mol. The van der Waals surface area contributed by atoms with Crippen molar-refractivity contribution in [1.29, 1.82) is 0 Å². The molecule has 0 saturated carbocycles. The Balaban J connectivity index is 1.47. The second kappa shape index (κ2) is 13.2. The highest BCUT2D eigenvalue weighted by atomic mass is 16.5. The Morgan fingerprint density at radius 1 is 0.569 bits per heavy atom. The maximum atomic E-state index is 13.8. The largest absolute Gasteiger partial charge is 0.507 e. The molecule has 51 heavy (non-hydrogen) atoms. The van der Waals surface area contributed by atoms with Crippen molar-refractivity contribution in [1.82, 2.24) is 0 Å². The molecule has 0 bridgehead atoms. The summed E-state index contributed by atoms with van der Waals surface area (Å²) in [6.07, 6.45) is 0. The summed E-state index contributed by atoms with van der Waals surface area (Å²) in [5, 5.41) is 23.6. The Bertz CT molecular complexity index is 2420. The van der Waals surface area contributed by atoms with E-state index >= 15 is 0 Å². The summed E-state index contributed by atoms with van der Waals surface area (Å²) >= 11 is 0. The molecule has 7 aromatic rings. The average Bonchev–Trinajstić information content (AvgIpc) is 3.11. The van der Waals surface area contributed by atoms with Crippen LogP contribution in [0.4, 0.5) is 0 Å². The number of benzene rings is 5. The Hall–Kier alpha value is -6.94. The van der Waals surface area contributed by atoms with E-state index in [9.17, 15) is 29.4 Å². The minimum Gasteiger partial charge on any atom is -0.507 e. The van der Waals surface area contributed by atoms with Crippen molar-refractivity contribution < 1.29 is 38.1 Å². The fourth-order valence-electron chi connectivity index (χ4n) is 5.87. The van der Waals surface area contributed by atoms with Crippen LogP contribution in [0.15, 0.2) is 134 Å². The summed E-state index contributed by atoms with van der Waals surface area (Å²) in [6.45, 7) is 3.73. The molecule has 0 fully saturated rings. The third kappa shape index (κ3) is 6.33. The molecule has 0 atom stereocenters. The van der Waals surface area contributed by atoms with Crippen molar-refractivity contribution >= 4 is 33.9 Å². The van der Waals surface area contributed by atoms with Crippen molar-refractivity contribution in [2.24, 2.45) is 0 Å². The van der Waals surface area contributed by atoms with Crippen LogP contribution in [-0.2, 0) is 0 Å². The number of carbonyl (C=O) groups excluding carboxylic acids is 2. The van der Waals surface area contributed by atoms with Crippen molar-refractivity contribution in [2.75, 3.05) is 0 Å². The summed E-state index contributed by atoms with van der Waals surface area (Å²) in [5.41, 5.74) is -0.457. The highest BCUT2D eigenvalue weighted by molar-refractivity contribution is 5.92. The summed E-state index contributed by atoms with van der Waals surface area (Å²) in [6, 6.07) is 29.7. The van der Waals surface area contributed by atoms with Crippen LogP contribution in [0.2, 0.25) is 0 Å². The van der Waals surface area contributed by atoms with E-state index in [0.29, 0.717) is 0 Å². The van der Waals surface area contributed by atoms with E-state index in [1.54, 1.807) is 72.8 Å². The normalized spacial score (nSPS) is 11.2. The van der Waals surface area contributed by atoms with Crippen LogP contribution in [0.25, 0.3) is 21.9 Å². The molecule has 0 saturated heterocycles. The van der Waals surface area contributed by atoms with E-state index in [1.807, 2.05) is 13.8 Å². The number of hydrogen-bond acceptors (Lipinski definition) is 10. The van der Waals surface area contributed by atoms with Gasteiger partial charge >= 0.3 is 23.2 Å². The summed E-state index contributed by atoms with van der Waals surface area (Å²) < 4.78 is 22.7. The lowest BCUT2D eigenvalue weighted by atomic mass is 9.84. The van der Waals surface area contributed by atoms with Gasteiger partial charge in [0.2, 0.25) is 0 Å². The predicted octanol–water partition coefficient (Wildman–Crippen LogP) is 7.55. The van der Waals surface area contributed by atoms with Crippen LogP contribution >= 0.6 is 0 Å². The van der Waals surface area contributed by atoms with Crippen LogP contribution < -0.4 is 20.7 Å². The maximum absolute atomic E-state index is 13.8. The van der Waals surface area contributed by atoms with Gasteiger partial charge in [-0.3, -0.25) is 0 Å². The number of esters is 2. The van der Waals surface area contributed by atoms with Gasteiger partial charge in [0.1, 0.15) is 34.2 Å². The first-order valence-electron chi connectivity index (χ1n) is 15.8. The minimum atomic E-state index is -1.60. The molecule has 0 aliphatic carbocycles. The van der Waals surface area contributed by atoms with Gasteiger partial charge in [0.25, 0.3) is 0 Å². The Labute approximate surface area is 289 Å². The van der Waals surface area contributed by atoms with Crippen LogP contribution in [0.3, 0.4) is 0 Å². The molecule has 0 aliphatic heterocycles. The molecule has 0 unspecified atom stereocenters. The van der Waals surface area contributed by atoms with Crippen molar-refractivity contribution in [3.63, 3.8) is 0 Å². The third-order valence-corrected chi connectivity index (χ3v) is 8.45. The molecular weight excluding hydrogens is 652 g/mol. The van der Waals surface area contributed by atoms with Crippen LogP contribution in [0, 0.1) is 13.8 Å². The molecule has 2 heterocycles. The first kappa shape index (κ1) is 32.6. The molecule has 0 spiro atoms. The van der Waals surface area contributed by atoms with E-state index < -0.39 is 51.7 Å². The second-order valence-corrected chi connectivity index (χ2v) is 12.0. The van der Waals surface area contributed by atoms with Crippen LogP contribution in [-0.4, -0.2) is 22.2 Å². The molecular formula is C41H28O10. The molecule has 10 nitrogen and oxygen atoms in total. The third-order valence-electron chi connectivity index (χ3n) is 8.45.